The van der Waals surface area contributed by atoms with Crippen LogP contribution in [0.2, 0.25) is 5.02 Å². The third-order valence-electron chi connectivity index (χ3n) is 5.00. The number of carbonyl (C=O) groups excluding carboxylic acids is 2. The first kappa shape index (κ1) is 23.4. The summed E-state index contributed by atoms with van der Waals surface area (Å²) in [5.74, 6) is -1.59. The average molecular weight is 495 g/mol. The van der Waals surface area contributed by atoms with Gasteiger partial charge in [-0.25, -0.2) is 5.01 Å². The molecule has 1 heterocycles. The lowest BCUT2D eigenvalue weighted by Crippen LogP contribution is -2.35. The van der Waals surface area contributed by atoms with Crippen LogP contribution in [0.15, 0.2) is 72.3 Å². The van der Waals surface area contributed by atoms with Crippen molar-refractivity contribution in [1.82, 2.24) is 5.43 Å². The van der Waals surface area contributed by atoms with E-state index in [4.69, 9.17) is 16.3 Å². The number of nitrogens with zero attached hydrogens (tertiary/aromatic N) is 3. The summed E-state index contributed by atoms with van der Waals surface area (Å²) in [5.41, 5.74) is 2.56. The predicted octanol–water partition coefficient (Wildman–Crippen LogP) is 4.20. The molecule has 2 amide bonds. The van der Waals surface area contributed by atoms with Gasteiger partial charge in [0.05, 0.1) is 15.5 Å². The Morgan fingerprint density at radius 1 is 0.971 bits per heavy atom. The number of amides is 2. The standard InChI is InChI=1S/C23H15ClN4O7/c24-16-10-15(11-19-22(29)25-26(23(19)30)17-4-2-1-3-5-17)21(20(12-16)28(33)34)35-13-14-6-8-18(9-7-14)27(31)32/h1-12H,13H2,(H,25,29). The van der Waals surface area contributed by atoms with E-state index in [1.54, 1.807) is 30.3 Å². The second-order valence-corrected chi connectivity index (χ2v) is 7.72. The Morgan fingerprint density at radius 2 is 1.66 bits per heavy atom. The Labute approximate surface area is 202 Å². The van der Waals surface area contributed by atoms with Crippen LogP contribution in [0.3, 0.4) is 0 Å². The molecule has 0 unspecified atom stereocenters. The molecule has 35 heavy (non-hydrogen) atoms. The third-order valence-corrected chi connectivity index (χ3v) is 5.21. The zero-order valence-electron chi connectivity index (χ0n) is 17.7. The monoisotopic (exact) mass is 494 g/mol. The molecule has 3 aromatic rings. The highest BCUT2D eigenvalue weighted by Gasteiger charge is 2.35. The molecule has 3 aromatic carbocycles. The minimum atomic E-state index is -0.706. The van der Waals surface area contributed by atoms with Gasteiger partial charge in [0.2, 0.25) is 5.75 Å². The molecule has 1 aliphatic heterocycles. The molecule has 0 atom stereocenters. The molecule has 0 radical (unpaired) electrons. The molecule has 1 saturated heterocycles. The summed E-state index contributed by atoms with van der Waals surface area (Å²) in [6, 6.07) is 16.3. The van der Waals surface area contributed by atoms with Crippen molar-refractivity contribution in [2.75, 3.05) is 5.01 Å². The van der Waals surface area contributed by atoms with E-state index in [2.05, 4.69) is 5.43 Å². The van der Waals surface area contributed by atoms with Crippen molar-refractivity contribution in [3.8, 4) is 5.75 Å². The number of benzene rings is 3. The fraction of sp³-hybridized carbons (Fsp3) is 0.0435. The zero-order chi connectivity index (χ0) is 25.1. The van der Waals surface area contributed by atoms with Gasteiger partial charge in [0.25, 0.3) is 17.5 Å². The maximum absolute atomic E-state index is 12.9. The van der Waals surface area contributed by atoms with E-state index in [9.17, 15) is 29.8 Å². The van der Waals surface area contributed by atoms with Crippen LogP contribution in [0.25, 0.3) is 6.08 Å². The van der Waals surface area contributed by atoms with E-state index in [0.29, 0.717) is 11.3 Å². The minimum absolute atomic E-state index is 0.00277. The highest BCUT2D eigenvalue weighted by molar-refractivity contribution is 6.32. The lowest BCUT2D eigenvalue weighted by Gasteiger charge is -2.14. The molecule has 176 valence electrons. The zero-order valence-corrected chi connectivity index (χ0v) is 18.5. The van der Waals surface area contributed by atoms with E-state index >= 15 is 0 Å². The molecule has 0 saturated carbocycles. The van der Waals surface area contributed by atoms with E-state index in [-0.39, 0.29) is 34.2 Å². The molecule has 4 rings (SSSR count). The Balaban J connectivity index is 1.70. The Hall–Kier alpha value is -4.77. The third kappa shape index (κ3) is 4.94. The highest BCUT2D eigenvalue weighted by atomic mass is 35.5. The normalized spacial score (nSPS) is 14.2. The summed E-state index contributed by atoms with van der Waals surface area (Å²) in [5, 5.41) is 23.6. The predicted molar refractivity (Wildman–Crippen MR) is 126 cm³/mol. The van der Waals surface area contributed by atoms with Crippen LogP contribution in [0.4, 0.5) is 17.1 Å². The molecule has 0 bridgehead atoms. The van der Waals surface area contributed by atoms with Crippen molar-refractivity contribution in [3.63, 3.8) is 0 Å². The van der Waals surface area contributed by atoms with Crippen molar-refractivity contribution in [3.05, 3.63) is 109 Å². The van der Waals surface area contributed by atoms with Gasteiger partial charge in [0, 0.05) is 28.8 Å². The summed E-state index contributed by atoms with van der Waals surface area (Å²) in [7, 11) is 0. The largest absolute Gasteiger partial charge is 0.482 e. The molecule has 0 spiro atoms. The van der Waals surface area contributed by atoms with Crippen LogP contribution in [-0.4, -0.2) is 21.7 Å². The van der Waals surface area contributed by atoms with Crippen LogP contribution in [-0.2, 0) is 16.2 Å². The molecule has 11 nitrogen and oxygen atoms in total. The van der Waals surface area contributed by atoms with Crippen LogP contribution in [0, 0.1) is 20.2 Å². The van der Waals surface area contributed by atoms with E-state index in [1.807, 2.05) is 0 Å². The van der Waals surface area contributed by atoms with Crippen LogP contribution in [0.1, 0.15) is 11.1 Å². The smallest absolute Gasteiger partial charge is 0.313 e. The number of hydrogen-bond donors (Lipinski definition) is 1. The van der Waals surface area contributed by atoms with Gasteiger partial charge >= 0.3 is 5.69 Å². The van der Waals surface area contributed by atoms with Crippen LogP contribution in [0.5, 0.6) is 5.75 Å². The first-order valence-corrected chi connectivity index (χ1v) is 10.4. The van der Waals surface area contributed by atoms with E-state index < -0.39 is 27.3 Å². The topological polar surface area (TPSA) is 145 Å². The number of nitro groups is 2. The number of carbonyl (C=O) groups is 2. The number of non-ortho nitro benzene ring substituents is 1. The summed E-state index contributed by atoms with van der Waals surface area (Å²) >= 11 is 6.06. The van der Waals surface area contributed by atoms with Gasteiger partial charge in [0.15, 0.2) is 0 Å². The molecule has 1 N–H and O–H groups in total. The lowest BCUT2D eigenvalue weighted by atomic mass is 10.1. The van der Waals surface area contributed by atoms with Crippen LogP contribution < -0.4 is 15.2 Å². The highest BCUT2D eigenvalue weighted by Crippen LogP contribution is 2.37. The molecule has 0 aromatic heterocycles. The molecule has 12 heteroatoms. The Morgan fingerprint density at radius 3 is 2.29 bits per heavy atom. The van der Waals surface area contributed by atoms with Gasteiger partial charge < -0.3 is 4.74 Å². The Bertz CT molecular complexity index is 1370. The van der Waals surface area contributed by atoms with Gasteiger partial charge in [0.1, 0.15) is 12.2 Å². The number of hydrogen-bond acceptors (Lipinski definition) is 7. The van der Waals surface area contributed by atoms with Gasteiger partial charge in [-0.2, -0.15) is 0 Å². The van der Waals surface area contributed by atoms with Crippen molar-refractivity contribution in [2.24, 2.45) is 0 Å². The summed E-state index contributed by atoms with van der Waals surface area (Å²) in [4.78, 5) is 46.7. The fourth-order valence-electron chi connectivity index (χ4n) is 3.34. The summed E-state index contributed by atoms with van der Waals surface area (Å²) in [6.45, 7) is -0.174. The number of nitro benzene ring substituents is 2. The maximum Gasteiger partial charge on any atom is 0.313 e. The number of halogens is 1. The Kier molecular flexibility index (Phi) is 6.42. The SMILES string of the molecule is O=C1NN(c2ccccc2)C(=O)C1=Cc1cc(Cl)cc([N+](=O)[O-])c1OCc1ccc([N+](=O)[O-])cc1. The number of para-hydroxylation sites is 1. The summed E-state index contributed by atoms with van der Waals surface area (Å²) < 4.78 is 5.69. The number of rotatable bonds is 7. The van der Waals surface area contributed by atoms with Crippen molar-refractivity contribution in [1.29, 1.82) is 0 Å². The lowest BCUT2D eigenvalue weighted by molar-refractivity contribution is -0.386. The summed E-state index contributed by atoms with van der Waals surface area (Å²) in [6.07, 6.45) is 1.17. The van der Waals surface area contributed by atoms with E-state index in [0.717, 1.165) is 11.1 Å². The minimum Gasteiger partial charge on any atom is -0.482 e. The maximum atomic E-state index is 12.9. The van der Waals surface area contributed by atoms with Gasteiger partial charge in [-0.3, -0.25) is 35.2 Å². The molecule has 0 aliphatic carbocycles. The van der Waals surface area contributed by atoms with Gasteiger partial charge in [-0.05, 0) is 42.0 Å². The van der Waals surface area contributed by atoms with E-state index in [1.165, 1.54) is 36.4 Å². The number of hydrazine groups is 1. The van der Waals surface area contributed by atoms with Crippen molar-refractivity contribution in [2.45, 2.75) is 6.61 Å². The number of nitrogens with one attached hydrogen (secondary N) is 1. The van der Waals surface area contributed by atoms with Crippen molar-refractivity contribution < 1.29 is 24.2 Å². The quantitative estimate of drug-likeness (QED) is 0.224. The van der Waals surface area contributed by atoms with Gasteiger partial charge in [-0.1, -0.05) is 29.8 Å². The molecular formula is C23H15ClN4O7. The average Bonchev–Trinajstić information content (AvgIpc) is 3.12. The molecule has 1 aliphatic rings. The first-order chi connectivity index (χ1) is 16.7. The number of anilines is 1. The number of ether oxygens (including phenoxy) is 1. The first-order valence-electron chi connectivity index (χ1n) is 10.0. The molecular weight excluding hydrogens is 480 g/mol. The molecule has 1 fully saturated rings. The van der Waals surface area contributed by atoms with Crippen LogP contribution >= 0.6 is 11.6 Å². The second kappa shape index (κ2) is 9.61. The van der Waals surface area contributed by atoms with Crippen molar-refractivity contribution >= 4 is 46.6 Å². The second-order valence-electron chi connectivity index (χ2n) is 7.29. The van der Waals surface area contributed by atoms with Gasteiger partial charge in [-0.15, -0.1) is 0 Å². The fourth-order valence-corrected chi connectivity index (χ4v) is 3.56.